The quantitative estimate of drug-likeness (QED) is 0.749. The van der Waals surface area contributed by atoms with Gasteiger partial charge in [0.2, 0.25) is 5.91 Å². The maximum atomic E-state index is 12.7. The lowest BCUT2D eigenvalue weighted by atomic mass is 9.99. The van der Waals surface area contributed by atoms with Gasteiger partial charge in [-0.15, -0.1) is 0 Å². The van der Waals surface area contributed by atoms with E-state index in [0.717, 1.165) is 48.1 Å². The zero-order valence-corrected chi connectivity index (χ0v) is 14.9. The number of carbonyl (C=O) groups excluding carboxylic acids is 1. The summed E-state index contributed by atoms with van der Waals surface area (Å²) in [6, 6.07) is 13.0. The van der Waals surface area contributed by atoms with Crippen LogP contribution in [0.2, 0.25) is 0 Å². The van der Waals surface area contributed by atoms with Crippen LogP contribution in [-0.4, -0.2) is 33.6 Å². The third kappa shape index (κ3) is 2.51. The number of hydrogen-bond acceptors (Lipinski definition) is 3. The van der Waals surface area contributed by atoms with E-state index >= 15 is 0 Å². The lowest BCUT2D eigenvalue weighted by Gasteiger charge is -2.19. The summed E-state index contributed by atoms with van der Waals surface area (Å²) in [6.45, 7) is 4.43. The summed E-state index contributed by atoms with van der Waals surface area (Å²) in [5.74, 6) is 0.244. The number of H-pyrrole nitrogens is 1. The van der Waals surface area contributed by atoms with Gasteiger partial charge in [-0.05, 0) is 60.7 Å². The van der Waals surface area contributed by atoms with Crippen LogP contribution in [0.1, 0.15) is 29.7 Å². The number of amides is 1. The van der Waals surface area contributed by atoms with E-state index in [9.17, 15) is 4.79 Å². The van der Waals surface area contributed by atoms with Crippen molar-refractivity contribution in [3.8, 4) is 11.1 Å². The third-order valence-corrected chi connectivity index (χ3v) is 5.68. The molecule has 0 aliphatic carbocycles. The van der Waals surface area contributed by atoms with E-state index in [0.29, 0.717) is 6.54 Å². The first kappa shape index (κ1) is 15.6. The van der Waals surface area contributed by atoms with Crippen molar-refractivity contribution in [3.05, 3.63) is 53.2 Å². The van der Waals surface area contributed by atoms with E-state index in [1.807, 2.05) is 11.8 Å². The number of benzene rings is 2. The topological polar surface area (TPSA) is 61.0 Å². The van der Waals surface area contributed by atoms with Crippen molar-refractivity contribution in [2.75, 3.05) is 6.54 Å². The average molecular weight is 346 g/mol. The summed E-state index contributed by atoms with van der Waals surface area (Å²) in [5.41, 5.74) is 6.94. The highest BCUT2D eigenvalue weighted by Crippen LogP contribution is 2.31. The standard InChI is InChI=1S/C21H22N4O/c1-13-18-7-6-15(10-20(18)24-23-13)14-4-5-16-11-25(12-17(16)9-14)21(26)19-3-2-8-22-19/h4-7,9-10,19,22H,2-3,8,11-12H2,1H3,(H,23,24). The van der Waals surface area contributed by atoms with E-state index in [2.05, 4.69) is 51.9 Å². The van der Waals surface area contributed by atoms with Gasteiger partial charge in [-0.2, -0.15) is 5.10 Å². The van der Waals surface area contributed by atoms with Gasteiger partial charge >= 0.3 is 0 Å². The number of aromatic nitrogens is 2. The Balaban J connectivity index is 1.42. The first-order valence-electron chi connectivity index (χ1n) is 9.28. The molecule has 5 rings (SSSR count). The van der Waals surface area contributed by atoms with Crippen molar-refractivity contribution in [3.63, 3.8) is 0 Å². The highest BCUT2D eigenvalue weighted by atomic mass is 16.2. The fourth-order valence-corrected chi connectivity index (χ4v) is 4.17. The molecule has 132 valence electrons. The molecule has 26 heavy (non-hydrogen) atoms. The molecule has 1 unspecified atom stereocenters. The van der Waals surface area contributed by atoms with Gasteiger partial charge in [0.1, 0.15) is 0 Å². The molecule has 1 saturated heterocycles. The third-order valence-electron chi connectivity index (χ3n) is 5.68. The second-order valence-corrected chi connectivity index (χ2v) is 7.41. The minimum Gasteiger partial charge on any atom is -0.333 e. The molecule has 2 aliphatic rings. The van der Waals surface area contributed by atoms with Crippen molar-refractivity contribution < 1.29 is 4.79 Å². The zero-order valence-electron chi connectivity index (χ0n) is 14.9. The Hall–Kier alpha value is -2.66. The Labute approximate surface area is 152 Å². The number of aromatic amines is 1. The summed E-state index contributed by atoms with van der Waals surface area (Å²) >= 11 is 0. The van der Waals surface area contributed by atoms with E-state index < -0.39 is 0 Å². The smallest absolute Gasteiger partial charge is 0.240 e. The molecule has 0 radical (unpaired) electrons. The van der Waals surface area contributed by atoms with Crippen LogP contribution >= 0.6 is 0 Å². The van der Waals surface area contributed by atoms with E-state index in [1.54, 1.807) is 0 Å². The van der Waals surface area contributed by atoms with E-state index in [1.165, 1.54) is 16.7 Å². The molecule has 0 spiro atoms. The SMILES string of the molecule is Cc1[nH]nc2cc(-c3ccc4c(c3)CN(C(=O)C3CCCN3)C4)ccc12. The van der Waals surface area contributed by atoms with Crippen molar-refractivity contribution >= 4 is 16.8 Å². The lowest BCUT2D eigenvalue weighted by molar-refractivity contribution is -0.133. The summed E-state index contributed by atoms with van der Waals surface area (Å²) in [6.07, 6.45) is 2.05. The van der Waals surface area contributed by atoms with Crippen LogP contribution < -0.4 is 5.32 Å². The zero-order chi connectivity index (χ0) is 17.7. The highest BCUT2D eigenvalue weighted by molar-refractivity contribution is 5.86. The first-order valence-corrected chi connectivity index (χ1v) is 9.28. The molecular formula is C21H22N4O. The van der Waals surface area contributed by atoms with E-state index in [4.69, 9.17) is 0 Å². The highest BCUT2D eigenvalue weighted by Gasteiger charge is 2.30. The number of hydrogen-bond donors (Lipinski definition) is 2. The van der Waals surface area contributed by atoms with Gasteiger partial charge in [-0.1, -0.05) is 24.3 Å². The maximum Gasteiger partial charge on any atom is 0.240 e. The van der Waals surface area contributed by atoms with Crippen LogP contribution in [0.4, 0.5) is 0 Å². The molecule has 3 aromatic rings. The summed E-state index contributed by atoms with van der Waals surface area (Å²) in [4.78, 5) is 14.7. The van der Waals surface area contributed by atoms with Crippen LogP contribution in [0.25, 0.3) is 22.0 Å². The van der Waals surface area contributed by atoms with Crippen LogP contribution in [0.3, 0.4) is 0 Å². The molecule has 1 atom stereocenters. The monoisotopic (exact) mass is 346 g/mol. The van der Waals surface area contributed by atoms with Gasteiger partial charge < -0.3 is 10.2 Å². The van der Waals surface area contributed by atoms with Crippen LogP contribution in [0, 0.1) is 6.92 Å². The summed E-state index contributed by atoms with van der Waals surface area (Å²) in [5, 5.41) is 11.9. The summed E-state index contributed by atoms with van der Waals surface area (Å²) < 4.78 is 0. The molecule has 5 nitrogen and oxygen atoms in total. The summed E-state index contributed by atoms with van der Waals surface area (Å²) in [7, 11) is 0. The van der Waals surface area contributed by atoms with Crippen molar-refractivity contribution in [2.24, 2.45) is 0 Å². The minimum absolute atomic E-state index is 0.00842. The van der Waals surface area contributed by atoms with Crippen LogP contribution in [0.15, 0.2) is 36.4 Å². The molecule has 3 heterocycles. The Morgan fingerprint density at radius 3 is 2.77 bits per heavy atom. The Kier molecular flexibility index (Phi) is 3.57. The molecule has 2 N–H and O–H groups in total. The fourth-order valence-electron chi connectivity index (χ4n) is 4.17. The number of nitrogens with one attached hydrogen (secondary N) is 2. The Morgan fingerprint density at radius 2 is 1.92 bits per heavy atom. The van der Waals surface area contributed by atoms with Gasteiger partial charge in [0.15, 0.2) is 0 Å². The van der Waals surface area contributed by atoms with Crippen molar-refractivity contribution in [1.82, 2.24) is 20.4 Å². The molecule has 2 aromatic carbocycles. The van der Waals surface area contributed by atoms with Crippen molar-refractivity contribution in [2.45, 2.75) is 38.9 Å². The minimum atomic E-state index is 0.00842. The first-order chi connectivity index (χ1) is 12.7. The molecule has 0 saturated carbocycles. The molecule has 5 heteroatoms. The van der Waals surface area contributed by atoms with E-state index in [-0.39, 0.29) is 11.9 Å². The normalized spacial score (nSPS) is 19.3. The van der Waals surface area contributed by atoms with Crippen LogP contribution in [0.5, 0.6) is 0 Å². The Morgan fingerprint density at radius 1 is 1.12 bits per heavy atom. The number of carbonyl (C=O) groups is 1. The van der Waals surface area contributed by atoms with Crippen molar-refractivity contribution in [1.29, 1.82) is 0 Å². The maximum absolute atomic E-state index is 12.7. The number of fused-ring (bicyclic) bond motifs is 2. The van der Waals surface area contributed by atoms with Gasteiger partial charge in [0, 0.05) is 24.2 Å². The second kappa shape index (κ2) is 5.95. The number of aryl methyl sites for hydroxylation is 1. The van der Waals surface area contributed by atoms with Gasteiger partial charge in [0.25, 0.3) is 0 Å². The molecule has 0 bridgehead atoms. The predicted molar refractivity (Wildman–Crippen MR) is 102 cm³/mol. The lowest BCUT2D eigenvalue weighted by Crippen LogP contribution is -2.40. The van der Waals surface area contributed by atoms with Gasteiger partial charge in [-0.3, -0.25) is 9.89 Å². The molecule has 2 aliphatic heterocycles. The molecule has 1 amide bonds. The molecular weight excluding hydrogens is 324 g/mol. The number of nitrogens with zero attached hydrogens (tertiary/aromatic N) is 2. The number of rotatable bonds is 2. The average Bonchev–Trinajstić information content (AvgIpc) is 3.40. The largest absolute Gasteiger partial charge is 0.333 e. The second-order valence-electron chi connectivity index (χ2n) is 7.41. The predicted octanol–water partition coefficient (Wildman–Crippen LogP) is 3.13. The molecule has 1 fully saturated rings. The van der Waals surface area contributed by atoms with Gasteiger partial charge in [-0.25, -0.2) is 0 Å². The fraction of sp³-hybridized carbons (Fsp3) is 0.333. The van der Waals surface area contributed by atoms with Gasteiger partial charge in [0.05, 0.1) is 11.6 Å². The Bertz CT molecular complexity index is 1000. The van der Waals surface area contributed by atoms with Crippen LogP contribution in [-0.2, 0) is 17.9 Å². The molecule has 1 aromatic heterocycles.